The van der Waals surface area contributed by atoms with Gasteiger partial charge in [0, 0.05) is 5.38 Å². The zero-order chi connectivity index (χ0) is 16.0. The number of oxime groups is 1. The third kappa shape index (κ3) is 4.24. The van der Waals surface area contributed by atoms with Gasteiger partial charge in [0.15, 0.2) is 5.13 Å². The minimum atomic E-state index is -1.45. The van der Waals surface area contributed by atoms with Crippen LogP contribution in [0.5, 0.6) is 0 Å². The molecule has 0 aromatic carbocycles. The highest BCUT2D eigenvalue weighted by Crippen LogP contribution is 2.17. The predicted molar refractivity (Wildman–Crippen MR) is 73.2 cm³/mol. The predicted octanol–water partition coefficient (Wildman–Crippen LogP) is 0.468. The number of esters is 1. The number of hydrogen-bond donors (Lipinski definition) is 2. The Bertz CT molecular complexity index is 580. The van der Waals surface area contributed by atoms with Crippen molar-refractivity contribution in [2.24, 2.45) is 5.16 Å². The number of ether oxygens (including phenoxy) is 1. The van der Waals surface area contributed by atoms with Gasteiger partial charge in [-0.2, -0.15) is 0 Å². The summed E-state index contributed by atoms with van der Waals surface area (Å²) in [6, 6.07) is 0. The van der Waals surface area contributed by atoms with Crippen LogP contribution in [0.25, 0.3) is 0 Å². The third-order valence-electron chi connectivity index (χ3n) is 2.17. The largest absolute Gasteiger partial charge is 0.476 e. The second kappa shape index (κ2) is 6.79. The van der Waals surface area contributed by atoms with Gasteiger partial charge in [0.25, 0.3) is 0 Å². The molecule has 0 aliphatic rings. The van der Waals surface area contributed by atoms with E-state index >= 15 is 0 Å². The Morgan fingerprint density at radius 2 is 2.19 bits per heavy atom. The average Bonchev–Trinajstić information content (AvgIpc) is 2.86. The Hall–Kier alpha value is -2.49. The van der Waals surface area contributed by atoms with Gasteiger partial charge in [0.2, 0.25) is 17.7 Å². The Morgan fingerprint density at radius 3 is 2.71 bits per heavy atom. The van der Waals surface area contributed by atoms with Gasteiger partial charge in [-0.15, -0.1) is 11.3 Å². The van der Waals surface area contributed by atoms with Gasteiger partial charge in [-0.1, -0.05) is 5.16 Å². The number of methoxy groups -OCH3 is 1. The molecule has 0 spiro atoms. The van der Waals surface area contributed by atoms with Gasteiger partial charge in [0.05, 0.1) is 7.11 Å². The van der Waals surface area contributed by atoms with E-state index in [0.29, 0.717) is 6.41 Å². The van der Waals surface area contributed by atoms with Crippen molar-refractivity contribution in [3.8, 4) is 0 Å². The molecule has 1 aromatic heterocycles. The maximum atomic E-state index is 11.4. The molecule has 0 unspecified atom stereocenters. The number of hydrogen-bond acceptors (Lipinski definition) is 8. The number of carbonyl (C=O) groups is 3. The number of aliphatic carboxylic acids is 1. The normalized spacial score (nSPS) is 11.7. The lowest BCUT2D eigenvalue weighted by atomic mass is 10.1. The Kier molecular flexibility index (Phi) is 5.36. The molecule has 1 amide bonds. The van der Waals surface area contributed by atoms with E-state index in [-0.39, 0.29) is 10.8 Å². The fourth-order valence-electron chi connectivity index (χ4n) is 1.14. The molecule has 10 heteroatoms. The van der Waals surface area contributed by atoms with Crippen molar-refractivity contribution in [3.63, 3.8) is 0 Å². The molecule has 9 nitrogen and oxygen atoms in total. The molecular weight excluding hydrogens is 302 g/mol. The first-order valence-corrected chi connectivity index (χ1v) is 6.43. The summed E-state index contributed by atoms with van der Waals surface area (Å²) in [6.07, 6.45) is 0.414. The van der Waals surface area contributed by atoms with Crippen LogP contribution in [0.4, 0.5) is 5.13 Å². The summed E-state index contributed by atoms with van der Waals surface area (Å²) in [5.74, 6) is -2.10. The maximum absolute atomic E-state index is 11.4. The van der Waals surface area contributed by atoms with E-state index in [1.807, 2.05) is 0 Å². The fourth-order valence-corrected chi connectivity index (χ4v) is 1.79. The molecule has 114 valence electrons. The highest BCUT2D eigenvalue weighted by Gasteiger charge is 2.32. The topological polar surface area (TPSA) is 127 Å². The molecule has 1 aromatic rings. The molecule has 0 bridgehead atoms. The van der Waals surface area contributed by atoms with Crippen LogP contribution in [0.2, 0.25) is 0 Å². The lowest BCUT2D eigenvalue weighted by Crippen LogP contribution is -2.35. The van der Waals surface area contributed by atoms with Gasteiger partial charge in [-0.25, -0.2) is 14.6 Å². The molecule has 0 saturated carbocycles. The molecule has 0 fully saturated rings. The standard InChI is InChI=1S/C11H13N3O6S/c1-11(2,9(18)19-3)20-14-7(8(16)17)6-4-21-10(13-6)12-5-15/h4-5H,1-3H3,(H,16,17)(H,12,13,15)/b14-7+. The van der Waals surface area contributed by atoms with Gasteiger partial charge in [-0.3, -0.25) is 4.79 Å². The van der Waals surface area contributed by atoms with Crippen molar-refractivity contribution in [2.75, 3.05) is 12.4 Å². The molecule has 0 aliphatic heterocycles. The molecular formula is C11H13N3O6S. The van der Waals surface area contributed by atoms with Crippen molar-refractivity contribution in [1.82, 2.24) is 4.98 Å². The Balaban J connectivity index is 3.00. The van der Waals surface area contributed by atoms with Crippen LogP contribution >= 0.6 is 11.3 Å². The van der Waals surface area contributed by atoms with Crippen LogP contribution in [0.3, 0.4) is 0 Å². The second-order valence-corrected chi connectivity index (χ2v) is 5.00. The minimum absolute atomic E-state index is 0.00230. The van der Waals surface area contributed by atoms with Crippen molar-refractivity contribution in [3.05, 3.63) is 11.1 Å². The van der Waals surface area contributed by atoms with Crippen LogP contribution in [-0.2, 0) is 24.0 Å². The van der Waals surface area contributed by atoms with E-state index in [9.17, 15) is 14.4 Å². The highest BCUT2D eigenvalue weighted by molar-refractivity contribution is 7.14. The zero-order valence-electron chi connectivity index (χ0n) is 11.4. The van der Waals surface area contributed by atoms with Crippen LogP contribution in [0.15, 0.2) is 10.5 Å². The molecule has 0 aliphatic carbocycles. The first-order chi connectivity index (χ1) is 9.81. The molecule has 1 heterocycles. The van der Waals surface area contributed by atoms with Gasteiger partial charge < -0.3 is 20.0 Å². The zero-order valence-corrected chi connectivity index (χ0v) is 12.3. The lowest BCUT2D eigenvalue weighted by molar-refractivity contribution is -0.165. The monoisotopic (exact) mass is 315 g/mol. The van der Waals surface area contributed by atoms with Gasteiger partial charge >= 0.3 is 11.9 Å². The number of anilines is 1. The van der Waals surface area contributed by atoms with Crippen molar-refractivity contribution < 1.29 is 29.1 Å². The average molecular weight is 315 g/mol. The SMILES string of the molecule is COC(=O)C(C)(C)O/N=C(/C(=O)O)c1csc(NC=O)n1. The van der Waals surface area contributed by atoms with Crippen molar-refractivity contribution >= 4 is 40.5 Å². The molecule has 21 heavy (non-hydrogen) atoms. The highest BCUT2D eigenvalue weighted by atomic mass is 32.1. The van der Waals surface area contributed by atoms with Crippen LogP contribution in [0.1, 0.15) is 19.5 Å². The number of carbonyl (C=O) groups excluding carboxylic acids is 2. The summed E-state index contributed by atoms with van der Waals surface area (Å²) in [6.45, 7) is 2.75. The quantitative estimate of drug-likeness (QED) is 0.324. The number of carboxylic acid groups (broad SMARTS) is 1. The van der Waals surface area contributed by atoms with E-state index in [1.165, 1.54) is 26.3 Å². The molecule has 1 rings (SSSR count). The number of amides is 1. The second-order valence-electron chi connectivity index (χ2n) is 4.14. The maximum Gasteiger partial charge on any atom is 0.360 e. The number of nitrogens with zero attached hydrogens (tertiary/aromatic N) is 2. The van der Waals surface area contributed by atoms with Crippen LogP contribution in [-0.4, -0.2) is 46.9 Å². The molecule has 0 atom stereocenters. The van der Waals surface area contributed by atoms with Crippen LogP contribution in [0, 0.1) is 0 Å². The summed E-state index contributed by atoms with van der Waals surface area (Å²) < 4.78 is 4.51. The first kappa shape index (κ1) is 16.6. The van der Waals surface area contributed by atoms with E-state index in [0.717, 1.165) is 11.3 Å². The van der Waals surface area contributed by atoms with Gasteiger partial charge in [0.1, 0.15) is 5.69 Å². The summed E-state index contributed by atoms with van der Waals surface area (Å²) in [4.78, 5) is 41.7. The van der Waals surface area contributed by atoms with Crippen molar-refractivity contribution in [1.29, 1.82) is 0 Å². The van der Waals surface area contributed by atoms with Crippen molar-refractivity contribution in [2.45, 2.75) is 19.4 Å². The summed E-state index contributed by atoms with van der Waals surface area (Å²) >= 11 is 1.02. The fraction of sp³-hybridized carbons (Fsp3) is 0.364. The molecule has 0 radical (unpaired) electrons. The first-order valence-electron chi connectivity index (χ1n) is 5.55. The van der Waals surface area contributed by atoms with E-state index in [4.69, 9.17) is 9.94 Å². The van der Waals surface area contributed by atoms with E-state index < -0.39 is 23.3 Å². The van der Waals surface area contributed by atoms with Crippen LogP contribution < -0.4 is 5.32 Å². The molecule has 2 N–H and O–H groups in total. The number of nitrogens with one attached hydrogen (secondary N) is 1. The molecule has 0 saturated heterocycles. The summed E-state index contributed by atoms with van der Waals surface area (Å²) in [5.41, 5.74) is -1.95. The van der Waals surface area contributed by atoms with E-state index in [2.05, 4.69) is 20.2 Å². The lowest BCUT2D eigenvalue weighted by Gasteiger charge is -2.18. The Morgan fingerprint density at radius 1 is 1.52 bits per heavy atom. The van der Waals surface area contributed by atoms with Gasteiger partial charge in [-0.05, 0) is 13.8 Å². The smallest absolute Gasteiger partial charge is 0.360 e. The number of carboxylic acids is 1. The van der Waals surface area contributed by atoms with E-state index in [1.54, 1.807) is 0 Å². The number of rotatable bonds is 7. The third-order valence-corrected chi connectivity index (χ3v) is 2.95. The Labute approximate surface area is 123 Å². The summed E-state index contributed by atoms with van der Waals surface area (Å²) in [7, 11) is 1.17. The summed E-state index contributed by atoms with van der Waals surface area (Å²) in [5, 5.41) is 16.4. The minimum Gasteiger partial charge on any atom is -0.476 e. The number of aromatic nitrogens is 1. The number of thiazole rings is 1.